The molecule has 4 rings (SSSR count). The summed E-state index contributed by atoms with van der Waals surface area (Å²) in [6.45, 7) is 6.62. The predicted octanol–water partition coefficient (Wildman–Crippen LogP) is 1.10. The molecule has 0 atom stereocenters. The number of nitrogens with zero attached hydrogens (tertiary/aromatic N) is 7. The molecule has 1 aliphatic rings. The first-order valence-corrected chi connectivity index (χ1v) is 9.47. The lowest BCUT2D eigenvalue weighted by atomic mass is 10.2. The molecule has 142 valence electrons. The molecule has 3 aromatic heterocycles. The van der Waals surface area contributed by atoms with Crippen molar-refractivity contribution in [2.75, 3.05) is 31.1 Å². The Balaban J connectivity index is 1.49. The minimum atomic E-state index is 0.0401. The van der Waals surface area contributed by atoms with E-state index in [4.69, 9.17) is 0 Å². The summed E-state index contributed by atoms with van der Waals surface area (Å²) >= 11 is 0. The predicted molar refractivity (Wildman–Crippen MR) is 104 cm³/mol. The van der Waals surface area contributed by atoms with E-state index in [-0.39, 0.29) is 5.56 Å². The van der Waals surface area contributed by atoms with Crippen LogP contribution in [0.1, 0.15) is 24.7 Å². The van der Waals surface area contributed by atoms with E-state index < -0.39 is 0 Å². The number of aryl methyl sites for hydroxylation is 2. The summed E-state index contributed by atoms with van der Waals surface area (Å²) in [4.78, 5) is 21.1. The molecule has 0 aliphatic carbocycles. The fourth-order valence-electron chi connectivity index (χ4n) is 3.61. The molecular formula is C19H25N7O. The van der Waals surface area contributed by atoms with Crippen molar-refractivity contribution in [2.45, 2.75) is 26.3 Å². The molecule has 8 heteroatoms. The fourth-order valence-corrected chi connectivity index (χ4v) is 3.61. The number of anilines is 1. The van der Waals surface area contributed by atoms with Crippen LogP contribution in [0, 0.1) is 0 Å². The second-order valence-corrected chi connectivity index (χ2v) is 7.02. The third-order valence-electron chi connectivity index (χ3n) is 5.16. The molecule has 4 heterocycles. The van der Waals surface area contributed by atoms with Crippen molar-refractivity contribution in [3.05, 3.63) is 52.5 Å². The average Bonchev–Trinajstić information content (AvgIpc) is 2.97. The van der Waals surface area contributed by atoms with Crippen LogP contribution in [-0.2, 0) is 20.0 Å². The van der Waals surface area contributed by atoms with E-state index in [0.717, 1.165) is 68.4 Å². The van der Waals surface area contributed by atoms with Gasteiger partial charge in [0.2, 0.25) is 5.65 Å². The Bertz CT molecular complexity index is 993. The summed E-state index contributed by atoms with van der Waals surface area (Å²) < 4.78 is 3.63. The standard InChI is InChI=1S/C19H25N7O/c1-3-16-21-22-19-18(20-6-10-26(16)19)25-8-4-7-24(11-12-25)14-15-5-9-23(2)17(27)13-15/h5-6,9-10,13H,3-4,7-8,11-12,14H2,1-2H3. The van der Waals surface area contributed by atoms with Crippen LogP contribution in [0.5, 0.6) is 0 Å². The minimum absolute atomic E-state index is 0.0401. The number of fused-ring (bicyclic) bond motifs is 1. The Hall–Kier alpha value is -2.74. The van der Waals surface area contributed by atoms with E-state index in [1.54, 1.807) is 17.7 Å². The van der Waals surface area contributed by atoms with Crippen LogP contribution >= 0.6 is 0 Å². The lowest BCUT2D eigenvalue weighted by Crippen LogP contribution is -2.31. The molecule has 1 aliphatic heterocycles. The second kappa shape index (κ2) is 7.48. The summed E-state index contributed by atoms with van der Waals surface area (Å²) in [6, 6.07) is 3.75. The van der Waals surface area contributed by atoms with Gasteiger partial charge in [-0.1, -0.05) is 6.92 Å². The van der Waals surface area contributed by atoms with Crippen LogP contribution in [0.4, 0.5) is 5.82 Å². The Morgan fingerprint density at radius 3 is 2.81 bits per heavy atom. The van der Waals surface area contributed by atoms with E-state index in [0.29, 0.717) is 0 Å². The SMILES string of the molecule is CCc1nnc2c(N3CCCN(Cc4ccn(C)c(=O)c4)CC3)nccn12. The van der Waals surface area contributed by atoms with Gasteiger partial charge in [0, 0.05) is 70.8 Å². The highest BCUT2D eigenvalue weighted by Crippen LogP contribution is 2.20. The zero-order valence-electron chi connectivity index (χ0n) is 15.9. The lowest BCUT2D eigenvalue weighted by Gasteiger charge is -2.23. The third-order valence-corrected chi connectivity index (χ3v) is 5.16. The van der Waals surface area contributed by atoms with Crippen molar-refractivity contribution in [3.63, 3.8) is 0 Å². The average molecular weight is 367 g/mol. The first kappa shape index (κ1) is 17.7. The first-order valence-electron chi connectivity index (χ1n) is 9.47. The Kier molecular flexibility index (Phi) is 4.89. The zero-order valence-corrected chi connectivity index (χ0v) is 15.9. The Morgan fingerprint density at radius 2 is 2.00 bits per heavy atom. The van der Waals surface area contributed by atoms with Crippen LogP contribution < -0.4 is 10.5 Å². The van der Waals surface area contributed by atoms with Gasteiger partial charge in [0.05, 0.1) is 0 Å². The van der Waals surface area contributed by atoms with Crippen LogP contribution in [0.2, 0.25) is 0 Å². The molecule has 0 bridgehead atoms. The summed E-state index contributed by atoms with van der Waals surface area (Å²) in [7, 11) is 1.78. The maximum absolute atomic E-state index is 11.9. The van der Waals surface area contributed by atoms with Crippen molar-refractivity contribution >= 4 is 11.5 Å². The molecular weight excluding hydrogens is 342 g/mol. The normalized spacial score (nSPS) is 16.0. The Labute approximate surface area is 158 Å². The van der Waals surface area contributed by atoms with Crippen molar-refractivity contribution < 1.29 is 0 Å². The molecule has 1 saturated heterocycles. The molecule has 0 radical (unpaired) electrons. The highest BCUT2D eigenvalue weighted by atomic mass is 16.1. The van der Waals surface area contributed by atoms with Gasteiger partial charge in [0.25, 0.3) is 5.56 Å². The van der Waals surface area contributed by atoms with Crippen molar-refractivity contribution in [2.24, 2.45) is 7.05 Å². The number of aromatic nitrogens is 5. The van der Waals surface area contributed by atoms with Crippen LogP contribution in [0.25, 0.3) is 5.65 Å². The van der Waals surface area contributed by atoms with Gasteiger partial charge in [-0.15, -0.1) is 10.2 Å². The summed E-state index contributed by atoms with van der Waals surface area (Å²) in [5, 5.41) is 8.64. The van der Waals surface area contributed by atoms with Crippen LogP contribution in [0.15, 0.2) is 35.5 Å². The van der Waals surface area contributed by atoms with Crippen molar-refractivity contribution in [3.8, 4) is 0 Å². The molecule has 0 saturated carbocycles. The van der Waals surface area contributed by atoms with E-state index in [1.807, 2.05) is 29.1 Å². The topological polar surface area (TPSA) is 71.6 Å². The fraction of sp³-hybridized carbons (Fsp3) is 0.474. The van der Waals surface area contributed by atoms with Crippen LogP contribution in [-0.4, -0.2) is 55.2 Å². The molecule has 0 unspecified atom stereocenters. The molecule has 0 amide bonds. The van der Waals surface area contributed by atoms with Gasteiger partial charge in [-0.25, -0.2) is 4.98 Å². The number of hydrogen-bond donors (Lipinski definition) is 0. The largest absolute Gasteiger partial charge is 0.352 e. The molecule has 1 fully saturated rings. The van der Waals surface area contributed by atoms with E-state index in [2.05, 4.69) is 31.9 Å². The van der Waals surface area contributed by atoms with Gasteiger partial charge in [0.15, 0.2) is 5.82 Å². The molecule has 0 N–H and O–H groups in total. The minimum Gasteiger partial charge on any atom is -0.352 e. The Morgan fingerprint density at radius 1 is 1.11 bits per heavy atom. The van der Waals surface area contributed by atoms with Gasteiger partial charge in [-0.2, -0.15) is 0 Å². The molecule has 8 nitrogen and oxygen atoms in total. The van der Waals surface area contributed by atoms with Gasteiger partial charge in [-0.3, -0.25) is 14.1 Å². The number of hydrogen-bond acceptors (Lipinski definition) is 6. The monoisotopic (exact) mass is 367 g/mol. The van der Waals surface area contributed by atoms with E-state index >= 15 is 0 Å². The smallest absolute Gasteiger partial charge is 0.250 e. The quantitative estimate of drug-likeness (QED) is 0.688. The van der Waals surface area contributed by atoms with Gasteiger partial charge in [-0.05, 0) is 18.1 Å². The number of pyridine rings is 1. The first-order chi connectivity index (χ1) is 13.2. The van der Waals surface area contributed by atoms with Crippen molar-refractivity contribution in [1.29, 1.82) is 0 Å². The molecule has 3 aromatic rings. The van der Waals surface area contributed by atoms with Crippen LogP contribution in [0.3, 0.4) is 0 Å². The number of rotatable bonds is 4. The van der Waals surface area contributed by atoms with Gasteiger partial charge >= 0.3 is 0 Å². The molecule has 0 aromatic carbocycles. The zero-order chi connectivity index (χ0) is 18.8. The second-order valence-electron chi connectivity index (χ2n) is 7.02. The summed E-state index contributed by atoms with van der Waals surface area (Å²) in [5.74, 6) is 1.86. The van der Waals surface area contributed by atoms with E-state index in [1.165, 1.54) is 0 Å². The third kappa shape index (κ3) is 3.57. The highest BCUT2D eigenvalue weighted by molar-refractivity contribution is 5.63. The van der Waals surface area contributed by atoms with Crippen molar-refractivity contribution in [1.82, 2.24) is 29.0 Å². The van der Waals surface area contributed by atoms with Gasteiger partial charge in [0.1, 0.15) is 5.82 Å². The maximum Gasteiger partial charge on any atom is 0.250 e. The maximum atomic E-state index is 11.9. The highest BCUT2D eigenvalue weighted by Gasteiger charge is 2.20. The lowest BCUT2D eigenvalue weighted by molar-refractivity contribution is 0.285. The summed E-state index contributed by atoms with van der Waals surface area (Å²) in [5.41, 5.74) is 1.93. The van der Waals surface area contributed by atoms with E-state index in [9.17, 15) is 4.79 Å². The molecule has 27 heavy (non-hydrogen) atoms. The molecule has 0 spiro atoms. The van der Waals surface area contributed by atoms with Gasteiger partial charge < -0.3 is 9.47 Å². The summed E-state index contributed by atoms with van der Waals surface area (Å²) in [6.07, 6.45) is 7.48.